The smallest absolute Gasteiger partial charge is 0.420 e. The molecule has 0 aliphatic carbocycles. The fourth-order valence-corrected chi connectivity index (χ4v) is 2.97. The Morgan fingerprint density at radius 2 is 1.04 bits per heavy atom. The summed E-state index contributed by atoms with van der Waals surface area (Å²) < 4.78 is 47.4. The van der Waals surface area contributed by atoms with Crippen molar-refractivity contribution in [1.29, 1.82) is 0 Å². The number of hydrogen-bond donors (Lipinski definition) is 1. The van der Waals surface area contributed by atoms with Crippen LogP contribution in [0.1, 0.15) is 16.7 Å². The van der Waals surface area contributed by atoms with Gasteiger partial charge in [0.25, 0.3) is 0 Å². The van der Waals surface area contributed by atoms with Gasteiger partial charge in [0, 0.05) is 23.7 Å². The molecule has 0 saturated heterocycles. The summed E-state index contributed by atoms with van der Waals surface area (Å²) in [5, 5.41) is 0. The lowest BCUT2D eigenvalue weighted by Gasteiger charge is -2.35. The van der Waals surface area contributed by atoms with E-state index < -0.39 is 29.1 Å². The van der Waals surface area contributed by atoms with Crippen molar-refractivity contribution in [2.45, 2.75) is 5.60 Å². The van der Waals surface area contributed by atoms with Crippen molar-refractivity contribution < 1.29 is 22.7 Å². The van der Waals surface area contributed by atoms with E-state index in [9.17, 15) is 18.0 Å². The number of carbonyl (C=O) groups excluding carboxylic acids is 1. The first-order valence-corrected chi connectivity index (χ1v) is 8.66. The van der Waals surface area contributed by atoms with Gasteiger partial charge in [0.15, 0.2) is 5.60 Å². The van der Waals surface area contributed by atoms with E-state index in [4.69, 9.17) is 4.74 Å². The lowest BCUT2D eigenvalue weighted by atomic mass is 9.80. The predicted octanol–water partition coefficient (Wildman–Crippen LogP) is 5.31. The second-order valence-electron chi connectivity index (χ2n) is 6.09. The molecule has 0 saturated carbocycles. The highest BCUT2D eigenvalue weighted by atomic mass is 32.1. The van der Waals surface area contributed by atoms with Crippen LogP contribution >= 0.6 is 12.8 Å². The Bertz CT molecular complexity index is 848. The average molecular weight is 403 g/mol. The molecule has 0 spiro atoms. The molecule has 0 unspecified atom stereocenters. The minimum Gasteiger partial charge on any atom is -0.427 e. The summed E-state index contributed by atoms with van der Waals surface area (Å²) in [5.41, 5.74) is -0.384. The Hall–Kier alpha value is -2.93. The SMILES string of the molecule is CN(S)C(=O)OC(c1ccc(F)cc1)(c1ccc(F)cc1)c1ccc(F)cc1. The lowest BCUT2D eigenvalue weighted by molar-refractivity contribution is 0.0567. The standard InChI is InChI=1S/C21H16F3NO2S/c1-25(28)20(26)27-21(14-2-8-17(22)9-3-14,15-4-10-18(23)11-5-15)16-6-12-19(24)13-7-16/h2-13,28H,1H3. The van der Waals surface area contributed by atoms with Crippen LogP contribution in [0.5, 0.6) is 0 Å². The van der Waals surface area contributed by atoms with Crippen LogP contribution in [0.2, 0.25) is 0 Å². The molecule has 0 heterocycles. The van der Waals surface area contributed by atoms with Crippen LogP contribution in [0, 0.1) is 17.5 Å². The topological polar surface area (TPSA) is 29.5 Å². The Balaban J connectivity index is 2.32. The summed E-state index contributed by atoms with van der Waals surface area (Å²) in [6.07, 6.45) is -0.804. The van der Waals surface area contributed by atoms with Gasteiger partial charge in [-0.15, -0.1) is 0 Å². The summed E-state index contributed by atoms with van der Waals surface area (Å²) in [7, 11) is 1.39. The van der Waals surface area contributed by atoms with Gasteiger partial charge in [0.1, 0.15) is 17.5 Å². The molecule has 3 aromatic carbocycles. The van der Waals surface area contributed by atoms with Gasteiger partial charge >= 0.3 is 6.09 Å². The lowest BCUT2D eigenvalue weighted by Crippen LogP contribution is -2.37. The van der Waals surface area contributed by atoms with Crippen molar-refractivity contribution in [3.63, 3.8) is 0 Å². The molecule has 3 rings (SSSR count). The highest BCUT2D eigenvalue weighted by molar-refractivity contribution is 7.78. The quantitative estimate of drug-likeness (QED) is 0.473. The average Bonchev–Trinajstić information content (AvgIpc) is 2.68. The number of benzene rings is 3. The first-order valence-electron chi connectivity index (χ1n) is 8.26. The third kappa shape index (κ3) is 3.84. The number of hydrogen-bond acceptors (Lipinski definition) is 3. The van der Waals surface area contributed by atoms with E-state index >= 15 is 0 Å². The van der Waals surface area contributed by atoms with Gasteiger partial charge in [-0.25, -0.2) is 18.0 Å². The normalized spacial score (nSPS) is 11.2. The first kappa shape index (κ1) is 19.8. The minimum atomic E-state index is -1.58. The Morgan fingerprint density at radius 1 is 0.750 bits per heavy atom. The Kier molecular flexibility index (Phi) is 5.65. The van der Waals surface area contributed by atoms with Crippen molar-refractivity contribution in [1.82, 2.24) is 4.31 Å². The number of nitrogens with zero attached hydrogens (tertiary/aromatic N) is 1. The van der Waals surface area contributed by atoms with Crippen LogP contribution in [0.15, 0.2) is 72.8 Å². The molecule has 0 radical (unpaired) electrons. The second kappa shape index (κ2) is 7.98. The molecule has 0 N–H and O–H groups in total. The minimum absolute atomic E-state index is 0.399. The van der Waals surface area contributed by atoms with E-state index in [1.807, 2.05) is 0 Å². The van der Waals surface area contributed by atoms with E-state index in [1.165, 1.54) is 79.8 Å². The van der Waals surface area contributed by atoms with E-state index in [0.29, 0.717) is 16.7 Å². The van der Waals surface area contributed by atoms with Crippen LogP contribution in [0.25, 0.3) is 0 Å². The number of halogens is 3. The summed E-state index contributed by atoms with van der Waals surface area (Å²) in [6.45, 7) is 0. The van der Waals surface area contributed by atoms with Crippen molar-refractivity contribution in [3.8, 4) is 0 Å². The summed E-state index contributed by atoms with van der Waals surface area (Å²) in [6, 6.07) is 16.0. The molecule has 3 nitrogen and oxygen atoms in total. The van der Waals surface area contributed by atoms with Crippen LogP contribution in [-0.4, -0.2) is 17.4 Å². The van der Waals surface area contributed by atoms with Gasteiger partial charge in [-0.2, -0.15) is 0 Å². The molecule has 144 valence electrons. The van der Waals surface area contributed by atoms with E-state index in [2.05, 4.69) is 12.8 Å². The second-order valence-corrected chi connectivity index (χ2v) is 6.69. The van der Waals surface area contributed by atoms with Gasteiger partial charge < -0.3 is 4.74 Å². The number of rotatable bonds is 4. The summed E-state index contributed by atoms with van der Waals surface area (Å²) in [4.78, 5) is 12.5. The molecule has 0 aliphatic heterocycles. The van der Waals surface area contributed by atoms with Crippen LogP contribution in [0.3, 0.4) is 0 Å². The Labute approximate surface area is 165 Å². The summed E-state index contributed by atoms with van der Waals surface area (Å²) >= 11 is 3.97. The first-order chi connectivity index (χ1) is 13.3. The van der Waals surface area contributed by atoms with Gasteiger partial charge in [-0.05, 0) is 36.4 Å². The molecule has 0 aliphatic rings. The Morgan fingerprint density at radius 3 is 1.29 bits per heavy atom. The molecule has 28 heavy (non-hydrogen) atoms. The third-order valence-electron chi connectivity index (χ3n) is 4.26. The zero-order valence-corrected chi connectivity index (χ0v) is 15.7. The van der Waals surface area contributed by atoms with Crippen molar-refractivity contribution in [3.05, 3.63) is 107 Å². The van der Waals surface area contributed by atoms with Crippen LogP contribution in [0.4, 0.5) is 18.0 Å². The molecule has 7 heteroatoms. The molecule has 0 atom stereocenters. The molecule has 0 aromatic heterocycles. The van der Waals surface area contributed by atoms with Gasteiger partial charge in [-0.3, -0.25) is 4.31 Å². The maximum absolute atomic E-state index is 13.5. The molecule has 0 fully saturated rings. The number of ether oxygens (including phenoxy) is 1. The van der Waals surface area contributed by atoms with Crippen molar-refractivity contribution >= 4 is 18.9 Å². The molecular formula is C21H16F3NO2S. The molecule has 1 amide bonds. The van der Waals surface area contributed by atoms with E-state index in [-0.39, 0.29) is 0 Å². The third-order valence-corrected chi connectivity index (χ3v) is 4.42. The van der Waals surface area contributed by atoms with Gasteiger partial charge in [0.2, 0.25) is 0 Å². The molecule has 0 bridgehead atoms. The van der Waals surface area contributed by atoms with E-state index in [0.717, 1.165) is 4.31 Å². The maximum Gasteiger partial charge on any atom is 0.420 e. The van der Waals surface area contributed by atoms with Crippen LogP contribution in [-0.2, 0) is 10.3 Å². The highest BCUT2D eigenvalue weighted by Crippen LogP contribution is 2.41. The van der Waals surface area contributed by atoms with E-state index in [1.54, 1.807) is 0 Å². The molecule has 3 aromatic rings. The van der Waals surface area contributed by atoms with Crippen LogP contribution < -0.4 is 0 Å². The summed E-state index contributed by atoms with van der Waals surface area (Å²) in [5.74, 6) is -1.43. The zero-order valence-electron chi connectivity index (χ0n) is 14.8. The van der Waals surface area contributed by atoms with Crippen molar-refractivity contribution in [2.24, 2.45) is 0 Å². The largest absolute Gasteiger partial charge is 0.427 e. The highest BCUT2D eigenvalue weighted by Gasteiger charge is 2.41. The number of thiol groups is 1. The van der Waals surface area contributed by atoms with Crippen molar-refractivity contribution in [2.75, 3.05) is 7.05 Å². The maximum atomic E-state index is 13.5. The fraction of sp³-hybridized carbons (Fsp3) is 0.0952. The zero-order chi connectivity index (χ0) is 20.3. The van der Waals surface area contributed by atoms with Gasteiger partial charge in [0.05, 0.1) is 0 Å². The molecular weight excluding hydrogens is 387 g/mol. The predicted molar refractivity (Wildman–Crippen MR) is 102 cm³/mol. The fourth-order valence-electron chi connectivity index (χ4n) is 2.93. The number of amides is 1. The van der Waals surface area contributed by atoms with Gasteiger partial charge in [-0.1, -0.05) is 49.2 Å². The monoisotopic (exact) mass is 403 g/mol. The number of carbonyl (C=O) groups is 1.